The molecule has 0 radical (unpaired) electrons. The minimum atomic E-state index is -3.06. The van der Waals surface area contributed by atoms with Gasteiger partial charge in [0, 0.05) is 31.5 Å². The molecule has 2 atom stereocenters. The number of nitrogens with zero attached hydrogens (tertiary/aromatic N) is 2. The largest absolute Gasteiger partial charge is 0.317 e. The molecule has 5 nitrogen and oxygen atoms in total. The van der Waals surface area contributed by atoms with Gasteiger partial charge in [-0.15, -0.1) is 0 Å². The van der Waals surface area contributed by atoms with Crippen molar-refractivity contribution >= 4 is 10.0 Å². The Kier molecular flexibility index (Phi) is 5.72. The van der Waals surface area contributed by atoms with Gasteiger partial charge in [-0.2, -0.15) is 0 Å². The van der Waals surface area contributed by atoms with Crippen LogP contribution in [-0.4, -0.2) is 50.1 Å². The van der Waals surface area contributed by atoms with Crippen LogP contribution in [0.1, 0.15) is 24.8 Å². The SMILES string of the molecule is CNC(Cc1ccncc1)CC1CCCN(S(C)(=O)=O)C1. The van der Waals surface area contributed by atoms with Crippen LogP contribution in [-0.2, 0) is 16.4 Å². The monoisotopic (exact) mass is 311 g/mol. The van der Waals surface area contributed by atoms with Crippen molar-refractivity contribution < 1.29 is 8.42 Å². The predicted molar refractivity (Wildman–Crippen MR) is 84.5 cm³/mol. The fraction of sp³-hybridized carbons (Fsp3) is 0.667. The van der Waals surface area contributed by atoms with Crippen molar-refractivity contribution in [2.45, 2.75) is 31.7 Å². The van der Waals surface area contributed by atoms with Crippen molar-refractivity contribution in [1.82, 2.24) is 14.6 Å². The van der Waals surface area contributed by atoms with Crippen LogP contribution in [0.25, 0.3) is 0 Å². The normalized spacial score (nSPS) is 22.1. The number of piperidine rings is 1. The van der Waals surface area contributed by atoms with Gasteiger partial charge in [0.15, 0.2) is 0 Å². The van der Waals surface area contributed by atoms with E-state index in [0.717, 1.165) is 25.7 Å². The van der Waals surface area contributed by atoms with Gasteiger partial charge in [-0.05, 0) is 56.3 Å². The smallest absolute Gasteiger partial charge is 0.211 e. The Bertz CT molecular complexity index is 533. The topological polar surface area (TPSA) is 62.3 Å². The minimum absolute atomic E-state index is 0.372. The summed E-state index contributed by atoms with van der Waals surface area (Å²) in [6.07, 6.45) is 8.97. The number of sulfonamides is 1. The Labute approximate surface area is 127 Å². The molecule has 2 rings (SSSR count). The molecule has 2 heterocycles. The van der Waals surface area contributed by atoms with Crippen LogP contribution in [0.3, 0.4) is 0 Å². The van der Waals surface area contributed by atoms with Gasteiger partial charge in [-0.3, -0.25) is 4.98 Å². The molecule has 0 spiro atoms. The lowest BCUT2D eigenvalue weighted by Gasteiger charge is -2.33. The molecule has 0 aromatic carbocycles. The van der Waals surface area contributed by atoms with Gasteiger partial charge >= 0.3 is 0 Å². The number of rotatable bonds is 6. The Morgan fingerprint density at radius 2 is 2.14 bits per heavy atom. The molecule has 2 unspecified atom stereocenters. The highest BCUT2D eigenvalue weighted by Gasteiger charge is 2.27. The molecule has 1 saturated heterocycles. The molecule has 1 fully saturated rings. The zero-order chi connectivity index (χ0) is 15.3. The van der Waals surface area contributed by atoms with E-state index < -0.39 is 10.0 Å². The standard InChI is InChI=1S/C15H25N3O2S/c1-16-15(10-13-5-7-17-8-6-13)11-14-4-3-9-18(12-14)21(2,19)20/h5-8,14-16H,3-4,9-12H2,1-2H3. The summed E-state index contributed by atoms with van der Waals surface area (Å²) < 4.78 is 25.0. The zero-order valence-electron chi connectivity index (χ0n) is 12.8. The molecule has 0 amide bonds. The maximum absolute atomic E-state index is 11.7. The van der Waals surface area contributed by atoms with Gasteiger partial charge in [0.2, 0.25) is 10.0 Å². The molecule has 1 aromatic heterocycles. The molecular weight excluding hydrogens is 286 g/mol. The number of aromatic nitrogens is 1. The van der Waals surface area contributed by atoms with E-state index in [1.165, 1.54) is 11.8 Å². The van der Waals surface area contributed by atoms with E-state index in [2.05, 4.69) is 10.3 Å². The highest BCUT2D eigenvalue weighted by Crippen LogP contribution is 2.23. The van der Waals surface area contributed by atoms with Crippen LogP contribution in [0.2, 0.25) is 0 Å². The third kappa shape index (κ3) is 5.05. The maximum Gasteiger partial charge on any atom is 0.211 e. The van der Waals surface area contributed by atoms with E-state index in [0.29, 0.717) is 25.0 Å². The summed E-state index contributed by atoms with van der Waals surface area (Å²) in [7, 11) is -1.08. The molecule has 21 heavy (non-hydrogen) atoms. The first-order chi connectivity index (χ1) is 9.99. The molecule has 1 aliphatic heterocycles. The van der Waals surface area contributed by atoms with E-state index in [1.807, 2.05) is 31.6 Å². The second-order valence-electron chi connectivity index (χ2n) is 5.91. The van der Waals surface area contributed by atoms with E-state index in [1.54, 1.807) is 4.31 Å². The summed E-state index contributed by atoms with van der Waals surface area (Å²) in [6, 6.07) is 4.44. The van der Waals surface area contributed by atoms with Gasteiger partial charge in [0.05, 0.1) is 6.26 Å². The zero-order valence-corrected chi connectivity index (χ0v) is 13.6. The van der Waals surface area contributed by atoms with E-state index >= 15 is 0 Å². The van der Waals surface area contributed by atoms with Gasteiger partial charge in [0.1, 0.15) is 0 Å². The highest BCUT2D eigenvalue weighted by atomic mass is 32.2. The Morgan fingerprint density at radius 1 is 1.43 bits per heavy atom. The number of hydrogen-bond donors (Lipinski definition) is 1. The van der Waals surface area contributed by atoms with Crippen LogP contribution in [0.4, 0.5) is 0 Å². The van der Waals surface area contributed by atoms with Crippen LogP contribution in [0.15, 0.2) is 24.5 Å². The number of pyridine rings is 1. The van der Waals surface area contributed by atoms with Crippen LogP contribution >= 0.6 is 0 Å². The maximum atomic E-state index is 11.7. The lowest BCUT2D eigenvalue weighted by Crippen LogP contribution is -2.41. The van der Waals surface area contributed by atoms with Crippen molar-refractivity contribution in [2.24, 2.45) is 5.92 Å². The number of likely N-dealkylation sites (N-methyl/N-ethyl adjacent to an activating group) is 1. The second kappa shape index (κ2) is 7.33. The Balaban J connectivity index is 1.92. The molecule has 1 N–H and O–H groups in total. The van der Waals surface area contributed by atoms with E-state index in [4.69, 9.17) is 0 Å². The van der Waals surface area contributed by atoms with Crippen molar-refractivity contribution in [3.8, 4) is 0 Å². The first-order valence-corrected chi connectivity index (χ1v) is 9.35. The molecule has 0 saturated carbocycles. The third-order valence-electron chi connectivity index (χ3n) is 4.21. The lowest BCUT2D eigenvalue weighted by molar-refractivity contribution is 0.239. The van der Waals surface area contributed by atoms with Crippen LogP contribution in [0, 0.1) is 5.92 Å². The van der Waals surface area contributed by atoms with Crippen LogP contribution < -0.4 is 5.32 Å². The Morgan fingerprint density at radius 3 is 2.76 bits per heavy atom. The van der Waals surface area contributed by atoms with Gasteiger partial charge in [-0.1, -0.05) is 0 Å². The fourth-order valence-electron chi connectivity index (χ4n) is 3.03. The van der Waals surface area contributed by atoms with E-state index in [9.17, 15) is 8.42 Å². The minimum Gasteiger partial charge on any atom is -0.317 e. The summed E-state index contributed by atoms with van der Waals surface area (Å²) in [5.74, 6) is 0.438. The van der Waals surface area contributed by atoms with E-state index in [-0.39, 0.29) is 0 Å². The molecule has 0 bridgehead atoms. The second-order valence-corrected chi connectivity index (χ2v) is 7.89. The predicted octanol–water partition coefficient (Wildman–Crippen LogP) is 1.27. The third-order valence-corrected chi connectivity index (χ3v) is 5.48. The molecule has 1 aliphatic rings. The molecular formula is C15H25N3O2S. The number of hydrogen-bond acceptors (Lipinski definition) is 4. The van der Waals surface area contributed by atoms with Gasteiger partial charge in [0.25, 0.3) is 0 Å². The molecule has 6 heteroatoms. The number of nitrogens with one attached hydrogen (secondary N) is 1. The first kappa shape index (κ1) is 16.4. The summed E-state index contributed by atoms with van der Waals surface area (Å²) in [5, 5.41) is 3.36. The van der Waals surface area contributed by atoms with Gasteiger partial charge in [-0.25, -0.2) is 12.7 Å². The molecule has 0 aliphatic carbocycles. The van der Waals surface area contributed by atoms with Gasteiger partial charge < -0.3 is 5.32 Å². The highest BCUT2D eigenvalue weighted by molar-refractivity contribution is 7.88. The molecule has 118 valence electrons. The van der Waals surface area contributed by atoms with Crippen molar-refractivity contribution in [2.75, 3.05) is 26.4 Å². The van der Waals surface area contributed by atoms with Crippen molar-refractivity contribution in [3.63, 3.8) is 0 Å². The lowest BCUT2D eigenvalue weighted by atomic mass is 9.90. The average molecular weight is 311 g/mol. The summed E-state index contributed by atoms with van der Waals surface area (Å²) in [4.78, 5) is 4.04. The van der Waals surface area contributed by atoms with Crippen molar-refractivity contribution in [1.29, 1.82) is 0 Å². The summed E-state index contributed by atoms with van der Waals surface area (Å²) in [5.41, 5.74) is 1.26. The van der Waals surface area contributed by atoms with Crippen molar-refractivity contribution in [3.05, 3.63) is 30.1 Å². The average Bonchev–Trinajstić information content (AvgIpc) is 2.47. The fourth-order valence-corrected chi connectivity index (χ4v) is 3.97. The Hall–Kier alpha value is -0.980. The summed E-state index contributed by atoms with van der Waals surface area (Å²) in [6.45, 7) is 1.33. The first-order valence-electron chi connectivity index (χ1n) is 7.50. The quantitative estimate of drug-likeness (QED) is 0.859. The van der Waals surface area contributed by atoms with Crippen LogP contribution in [0.5, 0.6) is 0 Å². The molecule has 1 aromatic rings. The summed E-state index contributed by atoms with van der Waals surface area (Å²) >= 11 is 0.